The van der Waals surface area contributed by atoms with Gasteiger partial charge in [0.25, 0.3) is 5.91 Å². The topological polar surface area (TPSA) is 71.8 Å². The Hall–Kier alpha value is -2.83. The SMILES string of the molecule is O=C(NCCOc1ccc(F)cc1)C1CCN(C(=O)c2ccco2)CC1. The number of ether oxygens (including phenoxy) is 1. The predicted octanol–water partition coefficient (Wildman–Crippen LogP) is 2.47. The number of rotatable bonds is 6. The van der Waals surface area contributed by atoms with E-state index in [9.17, 15) is 14.0 Å². The third kappa shape index (κ3) is 4.62. The van der Waals surface area contributed by atoms with Crippen LogP contribution in [0.5, 0.6) is 5.75 Å². The summed E-state index contributed by atoms with van der Waals surface area (Å²) >= 11 is 0. The Labute approximate surface area is 150 Å². The lowest BCUT2D eigenvalue weighted by Gasteiger charge is -2.30. The molecule has 26 heavy (non-hydrogen) atoms. The fourth-order valence-electron chi connectivity index (χ4n) is 2.92. The van der Waals surface area contributed by atoms with E-state index in [2.05, 4.69) is 5.32 Å². The predicted molar refractivity (Wildman–Crippen MR) is 92.2 cm³/mol. The molecule has 0 spiro atoms. The molecule has 2 amide bonds. The molecule has 0 radical (unpaired) electrons. The molecule has 1 aliphatic rings. The molecular formula is C19H21FN2O4. The molecule has 1 N–H and O–H groups in total. The molecule has 6 nitrogen and oxygen atoms in total. The number of nitrogens with zero attached hydrogens (tertiary/aromatic N) is 1. The molecule has 7 heteroatoms. The first-order chi connectivity index (χ1) is 12.6. The second-order valence-corrected chi connectivity index (χ2v) is 6.14. The van der Waals surface area contributed by atoms with Crippen LogP contribution in [0.4, 0.5) is 4.39 Å². The van der Waals surface area contributed by atoms with Crippen LogP contribution in [0.3, 0.4) is 0 Å². The fourth-order valence-corrected chi connectivity index (χ4v) is 2.92. The Morgan fingerprint density at radius 1 is 1.19 bits per heavy atom. The molecular weight excluding hydrogens is 339 g/mol. The van der Waals surface area contributed by atoms with Crippen molar-refractivity contribution in [2.24, 2.45) is 5.92 Å². The van der Waals surface area contributed by atoms with Crippen LogP contribution in [0.1, 0.15) is 23.4 Å². The van der Waals surface area contributed by atoms with Crippen LogP contribution in [0.15, 0.2) is 47.1 Å². The molecule has 1 aromatic heterocycles. The number of likely N-dealkylation sites (tertiary alicyclic amines) is 1. The van der Waals surface area contributed by atoms with E-state index in [4.69, 9.17) is 9.15 Å². The maximum Gasteiger partial charge on any atom is 0.289 e. The van der Waals surface area contributed by atoms with Crippen molar-refractivity contribution in [2.45, 2.75) is 12.8 Å². The number of hydrogen-bond donors (Lipinski definition) is 1. The normalized spacial score (nSPS) is 14.9. The molecule has 2 heterocycles. The monoisotopic (exact) mass is 360 g/mol. The van der Waals surface area contributed by atoms with Gasteiger partial charge in [-0.15, -0.1) is 0 Å². The lowest BCUT2D eigenvalue weighted by Crippen LogP contribution is -2.43. The highest BCUT2D eigenvalue weighted by Crippen LogP contribution is 2.19. The lowest BCUT2D eigenvalue weighted by atomic mass is 9.96. The smallest absolute Gasteiger partial charge is 0.289 e. The molecule has 3 rings (SSSR count). The molecule has 1 aromatic carbocycles. The molecule has 0 bridgehead atoms. The molecule has 0 saturated carbocycles. The number of furan rings is 1. The Morgan fingerprint density at radius 3 is 2.58 bits per heavy atom. The van der Waals surface area contributed by atoms with E-state index in [-0.39, 0.29) is 23.5 Å². The van der Waals surface area contributed by atoms with E-state index < -0.39 is 0 Å². The van der Waals surface area contributed by atoms with Crippen molar-refractivity contribution in [3.05, 3.63) is 54.2 Å². The minimum absolute atomic E-state index is 0.0298. The molecule has 1 saturated heterocycles. The highest BCUT2D eigenvalue weighted by atomic mass is 19.1. The number of nitrogens with one attached hydrogen (secondary N) is 1. The van der Waals surface area contributed by atoms with Crippen molar-refractivity contribution in [3.8, 4) is 5.75 Å². The van der Waals surface area contributed by atoms with Gasteiger partial charge in [-0.05, 0) is 49.2 Å². The quantitative estimate of drug-likeness (QED) is 0.804. The van der Waals surface area contributed by atoms with E-state index in [1.165, 1.54) is 18.4 Å². The lowest BCUT2D eigenvalue weighted by molar-refractivity contribution is -0.126. The van der Waals surface area contributed by atoms with Crippen LogP contribution < -0.4 is 10.1 Å². The first-order valence-electron chi connectivity index (χ1n) is 8.62. The highest BCUT2D eigenvalue weighted by Gasteiger charge is 2.28. The van der Waals surface area contributed by atoms with E-state index in [0.29, 0.717) is 50.6 Å². The summed E-state index contributed by atoms with van der Waals surface area (Å²) in [5.74, 6) is 0.291. The zero-order chi connectivity index (χ0) is 18.4. The number of amides is 2. The number of carbonyl (C=O) groups is 2. The molecule has 0 atom stereocenters. The van der Waals surface area contributed by atoms with Gasteiger partial charge in [-0.25, -0.2) is 4.39 Å². The number of halogens is 1. The summed E-state index contributed by atoms with van der Waals surface area (Å²) in [4.78, 5) is 26.1. The third-order valence-electron chi connectivity index (χ3n) is 4.37. The maximum absolute atomic E-state index is 12.8. The van der Waals surface area contributed by atoms with E-state index in [1.54, 1.807) is 29.2 Å². The summed E-state index contributed by atoms with van der Waals surface area (Å²) in [5.41, 5.74) is 0. The fraction of sp³-hybridized carbons (Fsp3) is 0.368. The average Bonchev–Trinajstić information content (AvgIpc) is 3.21. The Kier molecular flexibility index (Phi) is 5.88. The van der Waals surface area contributed by atoms with Crippen molar-refractivity contribution in [1.82, 2.24) is 10.2 Å². The van der Waals surface area contributed by atoms with Crippen LogP contribution >= 0.6 is 0 Å². The Morgan fingerprint density at radius 2 is 1.92 bits per heavy atom. The molecule has 138 valence electrons. The molecule has 0 unspecified atom stereocenters. The summed E-state index contributed by atoms with van der Waals surface area (Å²) in [7, 11) is 0. The molecule has 1 fully saturated rings. The van der Waals surface area contributed by atoms with Crippen molar-refractivity contribution in [1.29, 1.82) is 0 Å². The van der Waals surface area contributed by atoms with Crippen molar-refractivity contribution in [3.63, 3.8) is 0 Å². The zero-order valence-electron chi connectivity index (χ0n) is 14.3. The minimum Gasteiger partial charge on any atom is -0.492 e. The van der Waals surface area contributed by atoms with Gasteiger partial charge in [0, 0.05) is 19.0 Å². The summed E-state index contributed by atoms with van der Waals surface area (Å²) in [6.07, 6.45) is 2.72. The van der Waals surface area contributed by atoms with Gasteiger partial charge in [0.2, 0.25) is 5.91 Å². The second-order valence-electron chi connectivity index (χ2n) is 6.14. The van der Waals surface area contributed by atoms with E-state index in [0.717, 1.165) is 0 Å². The summed E-state index contributed by atoms with van der Waals surface area (Å²) in [6, 6.07) is 9.06. The summed E-state index contributed by atoms with van der Waals surface area (Å²) in [5, 5.41) is 2.85. The van der Waals surface area contributed by atoms with E-state index in [1.807, 2.05) is 0 Å². The number of piperidine rings is 1. The Balaban J connectivity index is 1.36. The second kappa shape index (κ2) is 8.51. The highest BCUT2D eigenvalue weighted by molar-refractivity contribution is 5.91. The van der Waals surface area contributed by atoms with Crippen LogP contribution in [0, 0.1) is 11.7 Å². The van der Waals surface area contributed by atoms with Gasteiger partial charge in [-0.3, -0.25) is 9.59 Å². The van der Waals surface area contributed by atoms with Crippen LogP contribution in [-0.4, -0.2) is 43.0 Å². The summed E-state index contributed by atoms with van der Waals surface area (Å²) in [6.45, 7) is 1.75. The van der Waals surface area contributed by atoms with Gasteiger partial charge in [-0.2, -0.15) is 0 Å². The zero-order valence-corrected chi connectivity index (χ0v) is 14.3. The van der Waals surface area contributed by atoms with Crippen molar-refractivity contribution < 1.29 is 23.1 Å². The van der Waals surface area contributed by atoms with Crippen LogP contribution in [0.2, 0.25) is 0 Å². The average molecular weight is 360 g/mol. The first kappa shape index (κ1) is 18.0. The Bertz CT molecular complexity index is 723. The van der Waals surface area contributed by atoms with E-state index >= 15 is 0 Å². The van der Waals surface area contributed by atoms with Crippen molar-refractivity contribution in [2.75, 3.05) is 26.2 Å². The number of hydrogen-bond acceptors (Lipinski definition) is 4. The molecule has 2 aromatic rings. The van der Waals surface area contributed by atoms with Crippen LogP contribution in [-0.2, 0) is 4.79 Å². The standard InChI is InChI=1S/C19H21FN2O4/c20-15-3-5-16(6-4-15)25-13-9-21-18(23)14-7-10-22(11-8-14)19(24)17-2-1-12-26-17/h1-6,12,14H,7-11,13H2,(H,21,23). The van der Waals surface area contributed by atoms with Gasteiger partial charge in [-0.1, -0.05) is 0 Å². The first-order valence-corrected chi connectivity index (χ1v) is 8.62. The molecule has 1 aliphatic heterocycles. The molecule has 0 aliphatic carbocycles. The third-order valence-corrected chi connectivity index (χ3v) is 4.37. The maximum atomic E-state index is 12.8. The number of benzene rings is 1. The minimum atomic E-state index is -0.317. The van der Waals surface area contributed by atoms with Gasteiger partial charge >= 0.3 is 0 Å². The number of carbonyl (C=O) groups excluding carboxylic acids is 2. The van der Waals surface area contributed by atoms with Gasteiger partial charge < -0.3 is 19.4 Å². The van der Waals surface area contributed by atoms with Gasteiger partial charge in [0.15, 0.2) is 5.76 Å². The van der Waals surface area contributed by atoms with Gasteiger partial charge in [0.1, 0.15) is 18.2 Å². The largest absolute Gasteiger partial charge is 0.492 e. The van der Waals surface area contributed by atoms with Gasteiger partial charge in [0.05, 0.1) is 12.8 Å². The van der Waals surface area contributed by atoms with Crippen molar-refractivity contribution >= 4 is 11.8 Å². The summed E-state index contributed by atoms with van der Waals surface area (Å²) < 4.78 is 23.4. The van der Waals surface area contributed by atoms with Crippen LogP contribution in [0.25, 0.3) is 0 Å².